The largest absolute Gasteiger partial charge is 0.462 e. The number of carbonyl (C=O) groups excluding carboxylic acids is 1. The molecule has 2 heterocycles. The van der Waals surface area contributed by atoms with Gasteiger partial charge in [0.15, 0.2) is 0 Å². The lowest BCUT2D eigenvalue weighted by molar-refractivity contribution is 0.0524. The summed E-state index contributed by atoms with van der Waals surface area (Å²) >= 11 is 0. The van der Waals surface area contributed by atoms with Crippen LogP contribution >= 0.6 is 0 Å². The number of hydrogen-bond acceptors (Lipinski definition) is 5. The van der Waals surface area contributed by atoms with Gasteiger partial charge in [-0.3, -0.25) is 0 Å². The third-order valence-electron chi connectivity index (χ3n) is 3.64. The first-order chi connectivity index (χ1) is 10.6. The average Bonchev–Trinajstić information content (AvgIpc) is 2.90. The molecule has 0 aliphatic carbocycles. The summed E-state index contributed by atoms with van der Waals surface area (Å²) in [4.78, 5) is 22.4. The Labute approximate surface area is 127 Å². The predicted molar refractivity (Wildman–Crippen MR) is 79.8 cm³/mol. The number of esters is 1. The molecule has 0 bridgehead atoms. The van der Waals surface area contributed by atoms with Gasteiger partial charge in [-0.2, -0.15) is 0 Å². The van der Waals surface area contributed by atoms with Gasteiger partial charge in [-0.05, 0) is 44.0 Å². The second kappa shape index (κ2) is 5.71. The van der Waals surface area contributed by atoms with Crippen LogP contribution in [0.1, 0.15) is 28.5 Å². The summed E-state index contributed by atoms with van der Waals surface area (Å²) in [5.74, 6) is -0.151. The maximum absolute atomic E-state index is 13.3. The predicted octanol–water partition coefficient (Wildman–Crippen LogP) is 2.80. The fraction of sp³-hybridized carbons (Fsp3) is 0.312. The van der Waals surface area contributed by atoms with Gasteiger partial charge in [0.2, 0.25) is 5.95 Å². The number of benzene rings is 1. The SMILES string of the molecule is CCOC(=O)c1cnc(N2CCc3cc(F)ccc32)nc1C. The van der Waals surface area contributed by atoms with Crippen molar-refractivity contribution >= 4 is 17.6 Å². The maximum Gasteiger partial charge on any atom is 0.341 e. The van der Waals surface area contributed by atoms with Gasteiger partial charge in [0.25, 0.3) is 0 Å². The monoisotopic (exact) mass is 301 g/mol. The van der Waals surface area contributed by atoms with E-state index in [9.17, 15) is 9.18 Å². The lowest BCUT2D eigenvalue weighted by atomic mass is 10.2. The van der Waals surface area contributed by atoms with E-state index < -0.39 is 5.97 Å². The number of carbonyl (C=O) groups is 1. The molecule has 0 spiro atoms. The fourth-order valence-electron chi connectivity index (χ4n) is 2.57. The Kier molecular flexibility index (Phi) is 3.75. The van der Waals surface area contributed by atoms with Crippen LogP contribution in [-0.2, 0) is 11.2 Å². The van der Waals surface area contributed by atoms with Crippen molar-refractivity contribution in [3.63, 3.8) is 0 Å². The molecular formula is C16H16FN3O2. The van der Waals surface area contributed by atoms with E-state index in [0.717, 1.165) is 17.7 Å². The summed E-state index contributed by atoms with van der Waals surface area (Å²) < 4.78 is 18.2. The van der Waals surface area contributed by atoms with Crippen molar-refractivity contribution < 1.29 is 13.9 Å². The Morgan fingerprint density at radius 2 is 2.27 bits per heavy atom. The normalized spacial score (nSPS) is 13.1. The number of fused-ring (bicyclic) bond motifs is 1. The van der Waals surface area contributed by atoms with E-state index in [-0.39, 0.29) is 5.82 Å². The van der Waals surface area contributed by atoms with Crippen LogP contribution in [0.2, 0.25) is 0 Å². The van der Waals surface area contributed by atoms with Crippen LogP contribution in [-0.4, -0.2) is 29.1 Å². The molecule has 0 fully saturated rings. The lowest BCUT2D eigenvalue weighted by Gasteiger charge is -2.18. The number of anilines is 2. The van der Waals surface area contributed by atoms with Gasteiger partial charge in [-0.15, -0.1) is 0 Å². The maximum atomic E-state index is 13.3. The first-order valence-corrected chi connectivity index (χ1v) is 7.17. The van der Waals surface area contributed by atoms with Crippen LogP contribution < -0.4 is 4.90 Å². The molecule has 0 unspecified atom stereocenters. The summed E-state index contributed by atoms with van der Waals surface area (Å²) in [6.07, 6.45) is 2.23. The van der Waals surface area contributed by atoms with Crippen molar-refractivity contribution in [2.75, 3.05) is 18.1 Å². The van der Waals surface area contributed by atoms with Gasteiger partial charge in [-0.1, -0.05) is 0 Å². The molecule has 1 aromatic heterocycles. The van der Waals surface area contributed by atoms with Gasteiger partial charge in [0.05, 0.1) is 17.9 Å². The van der Waals surface area contributed by atoms with Gasteiger partial charge < -0.3 is 9.64 Å². The van der Waals surface area contributed by atoms with Crippen LogP contribution in [0.3, 0.4) is 0 Å². The number of rotatable bonds is 3. The molecule has 0 N–H and O–H groups in total. The van der Waals surface area contributed by atoms with Crippen molar-refractivity contribution in [2.45, 2.75) is 20.3 Å². The van der Waals surface area contributed by atoms with Crippen molar-refractivity contribution in [3.8, 4) is 0 Å². The van der Waals surface area contributed by atoms with Crippen LogP contribution in [0.5, 0.6) is 0 Å². The Bertz CT molecular complexity index is 733. The molecule has 0 atom stereocenters. The van der Waals surface area contributed by atoms with Crippen molar-refractivity contribution in [1.82, 2.24) is 9.97 Å². The number of aromatic nitrogens is 2. The molecule has 5 nitrogen and oxygen atoms in total. The number of ether oxygens (including phenoxy) is 1. The molecule has 2 aromatic rings. The van der Waals surface area contributed by atoms with Gasteiger partial charge in [0.1, 0.15) is 5.82 Å². The summed E-state index contributed by atoms with van der Waals surface area (Å²) in [6.45, 7) is 4.50. The quantitative estimate of drug-likeness (QED) is 0.816. The smallest absolute Gasteiger partial charge is 0.341 e. The lowest BCUT2D eigenvalue weighted by Crippen LogP contribution is -2.18. The standard InChI is InChI=1S/C16H16FN3O2/c1-3-22-15(21)13-9-18-16(19-10(13)2)20-7-6-11-8-12(17)4-5-14(11)20/h4-5,8-9H,3,6-7H2,1-2H3. The average molecular weight is 301 g/mol. The minimum Gasteiger partial charge on any atom is -0.462 e. The molecule has 1 aromatic carbocycles. The Morgan fingerprint density at radius 1 is 1.45 bits per heavy atom. The van der Waals surface area contributed by atoms with E-state index in [1.807, 2.05) is 4.90 Å². The highest BCUT2D eigenvalue weighted by atomic mass is 19.1. The summed E-state index contributed by atoms with van der Waals surface area (Å²) in [7, 11) is 0. The number of aryl methyl sites for hydroxylation is 1. The first kappa shape index (κ1) is 14.4. The fourth-order valence-corrected chi connectivity index (χ4v) is 2.57. The molecule has 0 amide bonds. The highest BCUT2D eigenvalue weighted by molar-refractivity contribution is 5.90. The second-order valence-electron chi connectivity index (χ2n) is 5.06. The van der Waals surface area contributed by atoms with E-state index in [4.69, 9.17) is 4.74 Å². The second-order valence-corrected chi connectivity index (χ2v) is 5.06. The van der Waals surface area contributed by atoms with Crippen LogP contribution in [0.4, 0.5) is 16.0 Å². The van der Waals surface area contributed by atoms with Gasteiger partial charge >= 0.3 is 5.97 Å². The third kappa shape index (κ3) is 2.52. The Hall–Kier alpha value is -2.50. The Balaban J connectivity index is 1.92. The molecule has 22 heavy (non-hydrogen) atoms. The van der Waals surface area contributed by atoms with Crippen LogP contribution in [0.15, 0.2) is 24.4 Å². The zero-order valence-electron chi connectivity index (χ0n) is 12.5. The zero-order chi connectivity index (χ0) is 15.7. The number of halogens is 1. The van der Waals surface area contributed by atoms with Gasteiger partial charge in [-0.25, -0.2) is 19.2 Å². The third-order valence-corrected chi connectivity index (χ3v) is 3.64. The minimum absolute atomic E-state index is 0.240. The topological polar surface area (TPSA) is 55.3 Å². The highest BCUT2D eigenvalue weighted by Crippen LogP contribution is 2.33. The first-order valence-electron chi connectivity index (χ1n) is 7.17. The van der Waals surface area contributed by atoms with E-state index in [1.54, 1.807) is 19.9 Å². The summed E-state index contributed by atoms with van der Waals surface area (Å²) in [6, 6.07) is 4.70. The number of hydrogen-bond donors (Lipinski definition) is 0. The molecule has 0 radical (unpaired) electrons. The molecule has 1 aliphatic rings. The van der Waals surface area contributed by atoms with Gasteiger partial charge in [0, 0.05) is 18.4 Å². The van der Waals surface area contributed by atoms with Crippen LogP contribution in [0.25, 0.3) is 0 Å². The molecule has 114 valence electrons. The molecule has 0 saturated carbocycles. The molecule has 0 saturated heterocycles. The zero-order valence-corrected chi connectivity index (χ0v) is 12.5. The minimum atomic E-state index is -0.421. The van der Waals surface area contributed by atoms with Crippen molar-refractivity contribution in [2.24, 2.45) is 0 Å². The van der Waals surface area contributed by atoms with E-state index in [0.29, 0.717) is 30.4 Å². The number of nitrogens with zero attached hydrogens (tertiary/aromatic N) is 3. The summed E-state index contributed by atoms with van der Waals surface area (Å²) in [5.41, 5.74) is 2.78. The van der Waals surface area contributed by atoms with E-state index >= 15 is 0 Å². The molecule has 6 heteroatoms. The Morgan fingerprint density at radius 3 is 3.00 bits per heavy atom. The highest BCUT2D eigenvalue weighted by Gasteiger charge is 2.24. The summed E-state index contributed by atoms with van der Waals surface area (Å²) in [5, 5.41) is 0. The molecule has 3 rings (SSSR count). The van der Waals surface area contributed by atoms with E-state index in [2.05, 4.69) is 9.97 Å². The van der Waals surface area contributed by atoms with Crippen molar-refractivity contribution in [1.29, 1.82) is 0 Å². The van der Waals surface area contributed by atoms with E-state index in [1.165, 1.54) is 18.3 Å². The van der Waals surface area contributed by atoms with Crippen molar-refractivity contribution in [3.05, 3.63) is 47.0 Å². The molecular weight excluding hydrogens is 285 g/mol. The molecule has 1 aliphatic heterocycles. The van der Waals surface area contributed by atoms with Crippen LogP contribution in [0, 0.1) is 12.7 Å².